The number of amides is 1. The highest BCUT2D eigenvalue weighted by atomic mass is 16.5. The Morgan fingerprint density at radius 2 is 2.00 bits per heavy atom. The highest BCUT2D eigenvalue weighted by Gasteiger charge is 1.99. The first-order valence-electron chi connectivity index (χ1n) is 5.93. The molecule has 4 nitrogen and oxygen atoms in total. The van der Waals surface area contributed by atoms with E-state index in [1.165, 1.54) is 5.56 Å². The van der Waals surface area contributed by atoms with E-state index in [4.69, 9.17) is 4.74 Å². The second-order valence-corrected chi connectivity index (χ2v) is 3.75. The number of benzene rings is 1. The number of hydrogen-bond donors (Lipinski definition) is 2. The van der Waals surface area contributed by atoms with E-state index in [0.29, 0.717) is 19.4 Å². The second-order valence-electron chi connectivity index (χ2n) is 3.75. The van der Waals surface area contributed by atoms with E-state index in [0.717, 1.165) is 12.2 Å². The molecule has 0 unspecified atom stereocenters. The van der Waals surface area contributed by atoms with Crippen LogP contribution in [0, 0.1) is 0 Å². The lowest BCUT2D eigenvalue weighted by Crippen LogP contribution is -2.34. The second kappa shape index (κ2) is 7.68. The largest absolute Gasteiger partial charge is 0.494 e. The van der Waals surface area contributed by atoms with Gasteiger partial charge in [-0.1, -0.05) is 19.1 Å². The lowest BCUT2D eigenvalue weighted by Gasteiger charge is -2.07. The maximum atomic E-state index is 11.1. The van der Waals surface area contributed by atoms with Crippen LogP contribution in [0.2, 0.25) is 0 Å². The highest BCUT2D eigenvalue weighted by Crippen LogP contribution is 2.12. The number of nitrogens with one attached hydrogen (secondary N) is 2. The number of rotatable bonds is 7. The zero-order valence-electron chi connectivity index (χ0n) is 10.5. The first-order chi connectivity index (χ1) is 8.26. The fourth-order valence-electron chi connectivity index (χ4n) is 1.45. The lowest BCUT2D eigenvalue weighted by molar-refractivity contribution is -0.122. The van der Waals surface area contributed by atoms with Gasteiger partial charge in [0.05, 0.1) is 6.61 Å². The molecule has 2 N–H and O–H groups in total. The van der Waals surface area contributed by atoms with Crippen LogP contribution in [0.15, 0.2) is 24.3 Å². The first-order valence-corrected chi connectivity index (χ1v) is 5.93. The van der Waals surface area contributed by atoms with Gasteiger partial charge in [-0.2, -0.15) is 0 Å². The highest BCUT2D eigenvalue weighted by molar-refractivity contribution is 5.75. The molecule has 0 aliphatic rings. The van der Waals surface area contributed by atoms with Crippen molar-refractivity contribution >= 4 is 5.91 Å². The Morgan fingerprint density at radius 1 is 1.29 bits per heavy atom. The minimum absolute atomic E-state index is 0.0163. The Bertz CT molecular complexity index is 336. The van der Waals surface area contributed by atoms with Gasteiger partial charge in [0.25, 0.3) is 0 Å². The third-order valence-corrected chi connectivity index (χ3v) is 2.41. The molecule has 0 fully saturated rings. The Morgan fingerprint density at radius 3 is 2.59 bits per heavy atom. The molecule has 0 aromatic heterocycles. The molecular formula is C13H20N2O2. The maximum Gasteiger partial charge on any atom is 0.234 e. The Kier molecular flexibility index (Phi) is 6.10. The van der Waals surface area contributed by atoms with Crippen LogP contribution >= 0.6 is 0 Å². The Balaban J connectivity index is 2.19. The van der Waals surface area contributed by atoms with Crippen molar-refractivity contribution in [1.29, 1.82) is 0 Å². The van der Waals surface area contributed by atoms with Crippen LogP contribution < -0.4 is 15.6 Å². The average Bonchev–Trinajstić information content (AvgIpc) is 2.36. The standard InChI is InChI=1S/C13H20N2O2/c1-3-11-6-8-12(9-7-11)17-10-4-5-13(16)15-14-2/h6-9,14H,3-5,10H2,1-2H3,(H,15,16). The van der Waals surface area contributed by atoms with Gasteiger partial charge in [-0.3, -0.25) is 10.2 Å². The molecule has 0 bridgehead atoms. The molecule has 0 aliphatic carbocycles. The van der Waals surface area contributed by atoms with Crippen molar-refractivity contribution in [3.63, 3.8) is 0 Å². The molecule has 0 radical (unpaired) electrons. The van der Waals surface area contributed by atoms with Crippen molar-refractivity contribution in [3.05, 3.63) is 29.8 Å². The monoisotopic (exact) mass is 236 g/mol. The average molecular weight is 236 g/mol. The van der Waals surface area contributed by atoms with Crippen LogP contribution in [-0.4, -0.2) is 19.6 Å². The molecule has 17 heavy (non-hydrogen) atoms. The van der Waals surface area contributed by atoms with Gasteiger partial charge >= 0.3 is 0 Å². The van der Waals surface area contributed by atoms with Crippen LogP contribution in [0.1, 0.15) is 25.3 Å². The molecule has 0 saturated carbocycles. The van der Waals surface area contributed by atoms with Crippen molar-refractivity contribution in [2.45, 2.75) is 26.2 Å². The molecule has 0 saturated heterocycles. The van der Waals surface area contributed by atoms with Crippen molar-refractivity contribution in [1.82, 2.24) is 10.9 Å². The number of ether oxygens (including phenoxy) is 1. The summed E-state index contributed by atoms with van der Waals surface area (Å²) in [4.78, 5) is 11.1. The predicted molar refractivity (Wildman–Crippen MR) is 67.8 cm³/mol. The molecule has 0 heterocycles. The van der Waals surface area contributed by atoms with Gasteiger partial charge in [0.1, 0.15) is 5.75 Å². The molecule has 1 aromatic carbocycles. The summed E-state index contributed by atoms with van der Waals surface area (Å²) < 4.78 is 5.53. The van der Waals surface area contributed by atoms with Gasteiger partial charge in [-0.05, 0) is 30.5 Å². The predicted octanol–water partition coefficient (Wildman–Crippen LogP) is 1.66. The van der Waals surface area contributed by atoms with E-state index in [1.54, 1.807) is 7.05 Å². The summed E-state index contributed by atoms with van der Waals surface area (Å²) >= 11 is 0. The van der Waals surface area contributed by atoms with Crippen molar-refractivity contribution in [3.8, 4) is 5.75 Å². The minimum atomic E-state index is -0.0163. The molecule has 1 aromatic rings. The third-order valence-electron chi connectivity index (χ3n) is 2.41. The summed E-state index contributed by atoms with van der Waals surface area (Å²) in [5.74, 6) is 0.841. The Labute approximate surface area is 102 Å². The topological polar surface area (TPSA) is 50.4 Å². The van der Waals surface area contributed by atoms with Crippen molar-refractivity contribution in [2.24, 2.45) is 0 Å². The molecule has 0 spiro atoms. The first kappa shape index (κ1) is 13.5. The number of carbonyl (C=O) groups is 1. The number of carbonyl (C=O) groups excluding carboxylic acids is 1. The summed E-state index contributed by atoms with van der Waals surface area (Å²) in [6.45, 7) is 2.68. The Hall–Kier alpha value is -1.55. The van der Waals surface area contributed by atoms with Crippen LogP contribution in [0.25, 0.3) is 0 Å². The van der Waals surface area contributed by atoms with Crippen LogP contribution in [0.4, 0.5) is 0 Å². The number of hydrogen-bond acceptors (Lipinski definition) is 3. The van der Waals surface area contributed by atoms with Gasteiger partial charge in [0, 0.05) is 13.5 Å². The van der Waals surface area contributed by atoms with E-state index in [1.807, 2.05) is 12.1 Å². The number of hydrazine groups is 1. The smallest absolute Gasteiger partial charge is 0.234 e. The number of aryl methyl sites for hydroxylation is 1. The van der Waals surface area contributed by atoms with Gasteiger partial charge in [-0.15, -0.1) is 0 Å². The molecule has 1 amide bonds. The summed E-state index contributed by atoms with van der Waals surface area (Å²) in [5, 5.41) is 0. The maximum absolute atomic E-state index is 11.1. The summed E-state index contributed by atoms with van der Waals surface area (Å²) in [5.41, 5.74) is 6.41. The van der Waals surface area contributed by atoms with Gasteiger partial charge in [0.2, 0.25) is 5.91 Å². The summed E-state index contributed by atoms with van der Waals surface area (Å²) in [7, 11) is 1.67. The van der Waals surface area contributed by atoms with Crippen molar-refractivity contribution < 1.29 is 9.53 Å². The molecule has 1 rings (SSSR count). The zero-order chi connectivity index (χ0) is 12.5. The van der Waals surface area contributed by atoms with E-state index in [-0.39, 0.29) is 5.91 Å². The third kappa shape index (κ3) is 5.36. The fourth-order valence-corrected chi connectivity index (χ4v) is 1.45. The quantitative estimate of drug-likeness (QED) is 0.559. The lowest BCUT2D eigenvalue weighted by atomic mass is 10.2. The molecular weight excluding hydrogens is 216 g/mol. The normalized spacial score (nSPS) is 10.0. The minimum Gasteiger partial charge on any atom is -0.494 e. The molecule has 0 atom stereocenters. The molecule has 0 aliphatic heterocycles. The van der Waals surface area contributed by atoms with E-state index >= 15 is 0 Å². The molecule has 94 valence electrons. The van der Waals surface area contributed by atoms with E-state index in [9.17, 15) is 4.79 Å². The van der Waals surface area contributed by atoms with Gasteiger partial charge < -0.3 is 4.74 Å². The van der Waals surface area contributed by atoms with E-state index in [2.05, 4.69) is 29.9 Å². The van der Waals surface area contributed by atoms with Gasteiger partial charge in [-0.25, -0.2) is 5.43 Å². The zero-order valence-corrected chi connectivity index (χ0v) is 10.5. The fraction of sp³-hybridized carbons (Fsp3) is 0.462. The van der Waals surface area contributed by atoms with Crippen molar-refractivity contribution in [2.75, 3.05) is 13.7 Å². The summed E-state index contributed by atoms with van der Waals surface area (Å²) in [6.07, 6.45) is 2.21. The van der Waals surface area contributed by atoms with Gasteiger partial charge in [0.15, 0.2) is 0 Å². The van der Waals surface area contributed by atoms with Crippen LogP contribution in [0.3, 0.4) is 0 Å². The van der Waals surface area contributed by atoms with Crippen LogP contribution in [-0.2, 0) is 11.2 Å². The summed E-state index contributed by atoms with van der Waals surface area (Å²) in [6, 6.07) is 8.05. The van der Waals surface area contributed by atoms with Crippen LogP contribution in [0.5, 0.6) is 5.75 Å². The van der Waals surface area contributed by atoms with E-state index < -0.39 is 0 Å². The SMILES string of the molecule is CCc1ccc(OCCCC(=O)NNC)cc1. The molecule has 4 heteroatoms.